The number of carbonyl (C=O) groups excluding carboxylic acids is 2. The zero-order valence-electron chi connectivity index (χ0n) is 11.7. The zero-order valence-corrected chi connectivity index (χ0v) is 12.5. The van der Waals surface area contributed by atoms with Crippen LogP contribution in [0.5, 0.6) is 0 Å². The van der Waals surface area contributed by atoms with Gasteiger partial charge in [-0.25, -0.2) is 4.79 Å². The Labute approximate surface area is 128 Å². The van der Waals surface area contributed by atoms with Gasteiger partial charge in [0.2, 0.25) is 0 Å². The van der Waals surface area contributed by atoms with Gasteiger partial charge in [-0.05, 0) is 36.1 Å². The third kappa shape index (κ3) is 2.13. The van der Waals surface area contributed by atoms with Crippen LogP contribution in [-0.4, -0.2) is 40.7 Å². The van der Waals surface area contributed by atoms with Crippen molar-refractivity contribution in [3.8, 4) is 0 Å². The molecule has 0 radical (unpaired) electrons. The van der Waals surface area contributed by atoms with Crippen LogP contribution >= 0.6 is 11.6 Å². The highest BCUT2D eigenvalue weighted by molar-refractivity contribution is 6.30. The van der Waals surface area contributed by atoms with E-state index in [1.807, 2.05) is 28.0 Å². The predicted molar refractivity (Wildman–Crippen MR) is 79.2 cm³/mol. The van der Waals surface area contributed by atoms with Crippen LogP contribution in [0.1, 0.15) is 24.0 Å². The number of likely N-dealkylation sites (tertiary alicyclic amines) is 1. The second kappa shape index (κ2) is 4.73. The van der Waals surface area contributed by atoms with Crippen LogP contribution in [0.4, 0.5) is 4.79 Å². The monoisotopic (exact) mass is 304 g/mol. The van der Waals surface area contributed by atoms with Crippen LogP contribution in [0.2, 0.25) is 5.02 Å². The van der Waals surface area contributed by atoms with E-state index < -0.39 is 0 Å². The number of carbonyl (C=O) groups is 2. The Morgan fingerprint density at radius 2 is 2.14 bits per heavy atom. The molecule has 1 saturated heterocycles. The second-order valence-corrected chi connectivity index (χ2v) is 6.71. The number of fused-ring (bicyclic) bond motifs is 3. The summed E-state index contributed by atoms with van der Waals surface area (Å²) in [6.45, 7) is 1.99. The fourth-order valence-electron chi connectivity index (χ4n) is 3.84. The van der Waals surface area contributed by atoms with Crippen molar-refractivity contribution in [2.45, 2.75) is 31.8 Å². The first-order valence-corrected chi connectivity index (χ1v) is 7.85. The second-order valence-electron chi connectivity index (χ2n) is 6.28. The van der Waals surface area contributed by atoms with E-state index in [9.17, 15) is 9.59 Å². The fraction of sp³-hybridized carbons (Fsp3) is 0.500. The minimum Gasteiger partial charge on any atom is -0.320 e. The SMILES string of the molecule is O=C1C[C@@H]2C[C@H]1CN2C(=O)N1CCc2cc(Cl)ccc2C1. The molecule has 2 bridgehead atoms. The van der Waals surface area contributed by atoms with E-state index in [2.05, 4.69) is 0 Å². The molecule has 4 nitrogen and oxygen atoms in total. The fourth-order valence-corrected chi connectivity index (χ4v) is 4.04. The number of urea groups is 1. The van der Waals surface area contributed by atoms with Crippen LogP contribution in [0.3, 0.4) is 0 Å². The number of rotatable bonds is 0. The zero-order chi connectivity index (χ0) is 14.6. The lowest BCUT2D eigenvalue weighted by molar-refractivity contribution is -0.122. The first-order chi connectivity index (χ1) is 10.1. The average Bonchev–Trinajstić information content (AvgIpc) is 3.05. The molecular formula is C16H17ClN2O2. The Morgan fingerprint density at radius 1 is 1.29 bits per heavy atom. The quantitative estimate of drug-likeness (QED) is 0.739. The summed E-state index contributed by atoms with van der Waals surface area (Å²) in [4.78, 5) is 28.1. The normalized spacial score (nSPS) is 27.2. The third-order valence-electron chi connectivity index (χ3n) is 5.00. The van der Waals surface area contributed by atoms with Crippen LogP contribution in [0, 0.1) is 5.92 Å². The van der Waals surface area contributed by atoms with E-state index in [0.29, 0.717) is 25.3 Å². The van der Waals surface area contributed by atoms with Gasteiger partial charge >= 0.3 is 6.03 Å². The summed E-state index contributed by atoms with van der Waals surface area (Å²) in [5, 5.41) is 0.754. The minimum absolute atomic E-state index is 0.0924. The van der Waals surface area contributed by atoms with Gasteiger partial charge in [0.1, 0.15) is 5.78 Å². The molecule has 2 aliphatic heterocycles. The predicted octanol–water partition coefficient (Wildman–Crippen LogP) is 2.48. The van der Waals surface area contributed by atoms with Crippen molar-refractivity contribution >= 4 is 23.4 Å². The molecule has 3 aliphatic rings. The van der Waals surface area contributed by atoms with Gasteiger partial charge in [-0.1, -0.05) is 17.7 Å². The molecule has 2 fully saturated rings. The van der Waals surface area contributed by atoms with Crippen molar-refractivity contribution in [3.05, 3.63) is 34.3 Å². The maximum absolute atomic E-state index is 12.7. The molecule has 0 aromatic heterocycles. The molecular weight excluding hydrogens is 288 g/mol. The lowest BCUT2D eigenvalue weighted by Gasteiger charge is -2.35. The van der Waals surface area contributed by atoms with Gasteiger partial charge in [0.15, 0.2) is 0 Å². The van der Waals surface area contributed by atoms with Crippen LogP contribution in [-0.2, 0) is 17.8 Å². The highest BCUT2D eigenvalue weighted by Gasteiger charge is 2.46. The summed E-state index contributed by atoms with van der Waals surface area (Å²) in [6.07, 6.45) is 2.27. The van der Waals surface area contributed by atoms with Crippen molar-refractivity contribution in [3.63, 3.8) is 0 Å². The number of nitrogens with zero attached hydrogens (tertiary/aromatic N) is 2. The molecule has 4 rings (SSSR count). The molecule has 5 heteroatoms. The molecule has 1 aromatic rings. The molecule has 1 aliphatic carbocycles. The first kappa shape index (κ1) is 13.1. The van der Waals surface area contributed by atoms with Crippen molar-refractivity contribution in [1.82, 2.24) is 9.80 Å². The summed E-state index contributed by atoms with van der Waals surface area (Å²) in [6, 6.07) is 6.12. The molecule has 2 atom stereocenters. The minimum atomic E-state index is 0.0924. The van der Waals surface area contributed by atoms with E-state index in [4.69, 9.17) is 11.6 Å². The van der Waals surface area contributed by atoms with E-state index >= 15 is 0 Å². The lowest BCUT2D eigenvalue weighted by atomic mass is 10.00. The van der Waals surface area contributed by atoms with E-state index in [0.717, 1.165) is 24.4 Å². The number of amides is 2. The Balaban J connectivity index is 1.50. The highest BCUT2D eigenvalue weighted by Crippen LogP contribution is 2.36. The maximum Gasteiger partial charge on any atom is 0.320 e. The number of hydrogen-bond acceptors (Lipinski definition) is 2. The Kier molecular flexibility index (Phi) is 2.96. The highest BCUT2D eigenvalue weighted by atomic mass is 35.5. The van der Waals surface area contributed by atoms with Crippen molar-refractivity contribution in [2.75, 3.05) is 13.1 Å². The third-order valence-corrected chi connectivity index (χ3v) is 5.24. The summed E-state index contributed by atoms with van der Waals surface area (Å²) >= 11 is 6.01. The molecule has 0 unspecified atom stereocenters. The summed E-state index contributed by atoms with van der Waals surface area (Å²) in [7, 11) is 0. The van der Waals surface area contributed by atoms with Gasteiger partial charge in [0.05, 0.1) is 0 Å². The van der Waals surface area contributed by atoms with Crippen molar-refractivity contribution < 1.29 is 9.59 Å². The van der Waals surface area contributed by atoms with Gasteiger partial charge in [0, 0.05) is 43.0 Å². The lowest BCUT2D eigenvalue weighted by Crippen LogP contribution is -2.49. The topological polar surface area (TPSA) is 40.6 Å². The molecule has 21 heavy (non-hydrogen) atoms. The average molecular weight is 305 g/mol. The summed E-state index contributed by atoms with van der Waals surface area (Å²) < 4.78 is 0. The van der Waals surface area contributed by atoms with Gasteiger partial charge in [-0.15, -0.1) is 0 Å². The van der Waals surface area contributed by atoms with E-state index in [-0.39, 0.29) is 18.0 Å². The summed E-state index contributed by atoms with van der Waals surface area (Å²) in [5.41, 5.74) is 2.42. The van der Waals surface area contributed by atoms with Gasteiger partial charge in [-0.2, -0.15) is 0 Å². The molecule has 0 spiro atoms. The first-order valence-electron chi connectivity index (χ1n) is 7.47. The maximum atomic E-state index is 12.7. The molecule has 2 amide bonds. The van der Waals surface area contributed by atoms with Gasteiger partial charge < -0.3 is 9.80 Å². The van der Waals surface area contributed by atoms with Crippen LogP contribution < -0.4 is 0 Å². The number of hydrogen-bond donors (Lipinski definition) is 0. The number of halogens is 1. The smallest absolute Gasteiger partial charge is 0.320 e. The molecule has 1 saturated carbocycles. The van der Waals surface area contributed by atoms with E-state index in [1.165, 1.54) is 11.1 Å². The van der Waals surface area contributed by atoms with Crippen molar-refractivity contribution in [1.29, 1.82) is 0 Å². The molecule has 110 valence electrons. The van der Waals surface area contributed by atoms with Crippen LogP contribution in [0.25, 0.3) is 0 Å². The number of benzene rings is 1. The van der Waals surface area contributed by atoms with Crippen molar-refractivity contribution in [2.24, 2.45) is 5.92 Å². The number of Topliss-reactive ketones (excluding diaryl/α,β-unsaturated/α-hetero) is 1. The number of ketones is 1. The van der Waals surface area contributed by atoms with E-state index in [1.54, 1.807) is 0 Å². The van der Waals surface area contributed by atoms with Gasteiger partial charge in [0.25, 0.3) is 0 Å². The number of piperidine rings is 1. The molecule has 1 aromatic carbocycles. The Hall–Kier alpha value is -1.55. The van der Waals surface area contributed by atoms with Crippen LogP contribution in [0.15, 0.2) is 18.2 Å². The standard InChI is InChI=1S/C16H17ClN2O2/c17-13-2-1-11-8-18(4-3-10(11)5-13)16(21)19-9-12-6-14(19)7-15(12)20/h1-2,5,12,14H,3-4,6-9H2/t12-,14-/m0/s1. The van der Waals surface area contributed by atoms with Gasteiger partial charge in [-0.3, -0.25) is 4.79 Å². The Morgan fingerprint density at radius 3 is 2.86 bits per heavy atom. The molecule has 0 N–H and O–H groups in total. The Bertz CT molecular complexity index is 631. The summed E-state index contributed by atoms with van der Waals surface area (Å²) in [5.74, 6) is 0.428. The largest absolute Gasteiger partial charge is 0.320 e. The molecule has 2 heterocycles.